The van der Waals surface area contributed by atoms with Crippen molar-refractivity contribution in [3.8, 4) is 11.5 Å². The third kappa shape index (κ3) is 3.71. The average molecular weight is 417 g/mol. The van der Waals surface area contributed by atoms with Crippen LogP contribution < -0.4 is 4.80 Å². The quantitative estimate of drug-likeness (QED) is 0.349. The minimum atomic E-state index is -0.358. The molecule has 0 radical (unpaired) electrons. The Balaban J connectivity index is 1.53. The second-order valence-corrected chi connectivity index (χ2v) is 7.92. The van der Waals surface area contributed by atoms with Gasteiger partial charge in [-0.1, -0.05) is 30.3 Å². The fourth-order valence-electron chi connectivity index (χ4n) is 3.09. The number of ether oxygens (including phenoxy) is 1. The summed E-state index contributed by atoms with van der Waals surface area (Å²) in [7, 11) is 1.37. The molecule has 0 unspecified atom stereocenters. The number of esters is 1. The Labute approximate surface area is 176 Å². The predicted molar refractivity (Wildman–Crippen MR) is 117 cm³/mol. The summed E-state index contributed by atoms with van der Waals surface area (Å²) in [5.74, 6) is 0.395. The fourth-order valence-corrected chi connectivity index (χ4v) is 3.97. The third-order valence-corrected chi connectivity index (χ3v) is 5.69. The van der Waals surface area contributed by atoms with Gasteiger partial charge >= 0.3 is 5.97 Å². The molecule has 0 aliphatic heterocycles. The number of carbonyl (C=O) groups excluding carboxylic acids is 1. The van der Waals surface area contributed by atoms with Gasteiger partial charge in [-0.25, -0.2) is 9.47 Å². The highest BCUT2D eigenvalue weighted by atomic mass is 32.1. The lowest BCUT2D eigenvalue weighted by Crippen LogP contribution is -2.12. The van der Waals surface area contributed by atoms with E-state index in [2.05, 4.69) is 0 Å². The molecule has 2 aromatic heterocycles. The van der Waals surface area contributed by atoms with Crippen LogP contribution in [0.25, 0.3) is 22.4 Å². The van der Waals surface area contributed by atoms with E-state index in [1.807, 2.05) is 52.5 Å². The molecular formula is C23H19N3O3S. The number of carbonyl (C=O) groups is 1. The summed E-state index contributed by atoms with van der Waals surface area (Å²) in [6, 6.07) is 17.5. The minimum absolute atomic E-state index is 0.358. The van der Waals surface area contributed by atoms with E-state index in [9.17, 15) is 4.79 Å². The lowest BCUT2D eigenvalue weighted by Gasteiger charge is -2.01. The van der Waals surface area contributed by atoms with Crippen LogP contribution in [-0.4, -0.2) is 30.0 Å². The second-order valence-electron chi connectivity index (χ2n) is 7.08. The van der Waals surface area contributed by atoms with Gasteiger partial charge in [0.1, 0.15) is 11.3 Å². The van der Waals surface area contributed by atoms with Gasteiger partial charge in [0.2, 0.25) is 4.80 Å². The molecule has 0 amide bonds. The maximum atomic E-state index is 11.6. The van der Waals surface area contributed by atoms with Gasteiger partial charge < -0.3 is 9.15 Å². The molecule has 150 valence electrons. The maximum absolute atomic E-state index is 11.6. The fraction of sp³-hybridized carbons (Fsp3) is 0.174. The summed E-state index contributed by atoms with van der Waals surface area (Å²) in [5.41, 5.74) is 3.07. The lowest BCUT2D eigenvalue weighted by atomic mass is 10.1. The number of benzene rings is 2. The molecular weight excluding hydrogens is 398 g/mol. The van der Waals surface area contributed by atoms with E-state index in [0.29, 0.717) is 11.6 Å². The second kappa shape index (κ2) is 7.76. The first kappa shape index (κ1) is 18.6. The van der Waals surface area contributed by atoms with E-state index in [0.717, 1.165) is 45.6 Å². The summed E-state index contributed by atoms with van der Waals surface area (Å²) in [6.45, 7) is 0. The highest BCUT2D eigenvalue weighted by molar-refractivity contribution is 7.07. The van der Waals surface area contributed by atoms with Crippen molar-refractivity contribution in [3.05, 3.63) is 75.9 Å². The molecule has 0 bridgehead atoms. The molecule has 4 aromatic rings. The maximum Gasteiger partial charge on any atom is 0.337 e. The van der Waals surface area contributed by atoms with Crippen LogP contribution in [0.2, 0.25) is 0 Å². The van der Waals surface area contributed by atoms with Crippen molar-refractivity contribution in [2.75, 3.05) is 7.11 Å². The van der Waals surface area contributed by atoms with Crippen molar-refractivity contribution in [1.29, 1.82) is 0 Å². The van der Waals surface area contributed by atoms with E-state index < -0.39 is 0 Å². The van der Waals surface area contributed by atoms with Crippen LogP contribution in [0.3, 0.4) is 0 Å². The summed E-state index contributed by atoms with van der Waals surface area (Å²) >= 11 is 1.56. The standard InChI is InChI=1S/C23H19N3O3S/c1-28-22(27)16-8-6-15(7-9-16)13-24-26-19(14-30-23(26)25-18-10-11-18)21-12-17-4-2-3-5-20(17)29-21/h2-9,12-14,18H,10-11H2,1H3/b24-13+,25-23?. The average Bonchev–Trinajstić information content (AvgIpc) is 3.35. The number of para-hydroxylation sites is 1. The van der Waals surface area contributed by atoms with Gasteiger partial charge in [-0.05, 0) is 42.7 Å². The summed E-state index contributed by atoms with van der Waals surface area (Å²) < 4.78 is 12.6. The molecule has 1 aliphatic carbocycles. The number of fused-ring (bicyclic) bond motifs is 1. The topological polar surface area (TPSA) is 69.1 Å². The number of thiazole rings is 1. The van der Waals surface area contributed by atoms with Gasteiger partial charge in [0, 0.05) is 10.8 Å². The Hall–Kier alpha value is -3.45. The molecule has 5 rings (SSSR count). The van der Waals surface area contributed by atoms with Crippen molar-refractivity contribution in [3.63, 3.8) is 0 Å². The number of aromatic nitrogens is 1. The Morgan fingerprint density at radius 1 is 1.20 bits per heavy atom. The lowest BCUT2D eigenvalue weighted by molar-refractivity contribution is 0.0600. The zero-order valence-corrected chi connectivity index (χ0v) is 17.1. The molecule has 0 N–H and O–H groups in total. The Morgan fingerprint density at radius 2 is 2.00 bits per heavy atom. The molecule has 0 atom stereocenters. The smallest absolute Gasteiger partial charge is 0.337 e. The number of methoxy groups -OCH3 is 1. The monoisotopic (exact) mass is 417 g/mol. The Kier molecular flexibility index (Phi) is 4.80. The summed E-state index contributed by atoms with van der Waals surface area (Å²) in [4.78, 5) is 17.3. The van der Waals surface area contributed by atoms with Crippen molar-refractivity contribution in [2.24, 2.45) is 10.1 Å². The number of hydrogen-bond donors (Lipinski definition) is 0. The number of furan rings is 1. The number of nitrogens with zero attached hydrogens (tertiary/aromatic N) is 3. The van der Waals surface area contributed by atoms with Crippen molar-refractivity contribution in [2.45, 2.75) is 18.9 Å². The number of hydrogen-bond acceptors (Lipinski definition) is 6. The van der Waals surface area contributed by atoms with Crippen molar-refractivity contribution in [1.82, 2.24) is 4.68 Å². The van der Waals surface area contributed by atoms with Gasteiger partial charge in [-0.15, -0.1) is 11.3 Å². The predicted octanol–water partition coefficient (Wildman–Crippen LogP) is 4.69. The third-order valence-electron chi connectivity index (χ3n) is 4.86. The molecule has 0 saturated heterocycles. The molecule has 1 aliphatic rings. The normalized spacial score (nSPS) is 14.6. The van der Waals surface area contributed by atoms with Crippen LogP contribution >= 0.6 is 11.3 Å². The largest absolute Gasteiger partial charge is 0.465 e. The van der Waals surface area contributed by atoms with E-state index >= 15 is 0 Å². The van der Waals surface area contributed by atoms with Crippen LogP contribution in [-0.2, 0) is 4.74 Å². The van der Waals surface area contributed by atoms with Crippen molar-refractivity contribution < 1.29 is 13.9 Å². The van der Waals surface area contributed by atoms with Crippen LogP contribution in [0.15, 0.2) is 74.5 Å². The van der Waals surface area contributed by atoms with E-state index in [1.54, 1.807) is 29.7 Å². The first-order valence-corrected chi connectivity index (χ1v) is 10.6. The van der Waals surface area contributed by atoms with Gasteiger partial charge in [-0.3, -0.25) is 4.99 Å². The molecule has 1 fully saturated rings. The zero-order valence-electron chi connectivity index (χ0n) is 16.3. The summed E-state index contributed by atoms with van der Waals surface area (Å²) in [5, 5.41) is 7.76. The molecule has 6 nitrogen and oxygen atoms in total. The van der Waals surface area contributed by atoms with Gasteiger partial charge in [0.25, 0.3) is 0 Å². The molecule has 1 saturated carbocycles. The van der Waals surface area contributed by atoms with E-state index in [-0.39, 0.29) is 5.97 Å². The molecule has 30 heavy (non-hydrogen) atoms. The van der Waals surface area contributed by atoms with Gasteiger partial charge in [0.05, 0.1) is 24.9 Å². The van der Waals surface area contributed by atoms with Gasteiger partial charge in [-0.2, -0.15) is 5.10 Å². The Morgan fingerprint density at radius 3 is 2.73 bits per heavy atom. The molecule has 0 spiro atoms. The SMILES string of the molecule is COC(=O)c1ccc(/C=N/n2c(-c3cc4ccccc4o3)csc2=NC2CC2)cc1. The van der Waals surface area contributed by atoms with Crippen LogP contribution in [0.4, 0.5) is 0 Å². The summed E-state index contributed by atoms with van der Waals surface area (Å²) in [6.07, 6.45) is 4.00. The molecule has 2 aromatic carbocycles. The first-order valence-electron chi connectivity index (χ1n) is 9.67. The molecule has 7 heteroatoms. The first-order chi connectivity index (χ1) is 14.7. The molecule has 2 heterocycles. The van der Waals surface area contributed by atoms with Crippen molar-refractivity contribution >= 4 is 34.5 Å². The van der Waals surface area contributed by atoms with E-state index in [1.165, 1.54) is 7.11 Å². The van der Waals surface area contributed by atoms with Crippen LogP contribution in [0, 0.1) is 0 Å². The highest BCUT2D eigenvalue weighted by Gasteiger charge is 2.21. The van der Waals surface area contributed by atoms with Gasteiger partial charge in [0.15, 0.2) is 5.76 Å². The zero-order chi connectivity index (χ0) is 20.5. The highest BCUT2D eigenvalue weighted by Crippen LogP contribution is 2.29. The van der Waals surface area contributed by atoms with Crippen LogP contribution in [0.1, 0.15) is 28.8 Å². The number of rotatable bonds is 5. The minimum Gasteiger partial charge on any atom is -0.465 e. The Bertz CT molecular complexity index is 1270. The van der Waals surface area contributed by atoms with Crippen LogP contribution in [0.5, 0.6) is 0 Å². The van der Waals surface area contributed by atoms with E-state index in [4.69, 9.17) is 19.2 Å².